The number of nitrogens with one attached hydrogen (secondary N) is 1. The molecule has 1 N–H and O–H groups in total. The third-order valence-corrected chi connectivity index (χ3v) is 4.81. The fourth-order valence-corrected chi connectivity index (χ4v) is 3.33. The normalized spacial score (nSPS) is 12.6. The minimum absolute atomic E-state index is 0.135. The van der Waals surface area contributed by atoms with Gasteiger partial charge in [0.1, 0.15) is 5.82 Å². The number of anilines is 4. The Balaban J connectivity index is 1.53. The summed E-state index contributed by atoms with van der Waals surface area (Å²) in [7, 11) is 3.98. The zero-order valence-electron chi connectivity index (χ0n) is 15.5. The maximum absolute atomic E-state index is 12.7. The van der Waals surface area contributed by atoms with Crippen molar-refractivity contribution in [1.29, 1.82) is 0 Å². The molecule has 2 aromatic carbocycles. The molecule has 5 nitrogen and oxygen atoms in total. The number of pyridine rings is 1. The van der Waals surface area contributed by atoms with E-state index in [9.17, 15) is 4.79 Å². The Morgan fingerprint density at radius 2 is 1.85 bits per heavy atom. The number of carbonyl (C=O) groups excluding carboxylic acids is 1. The second-order valence-electron chi connectivity index (χ2n) is 6.83. The molecule has 1 aliphatic heterocycles. The highest BCUT2D eigenvalue weighted by Gasteiger charge is 2.21. The van der Waals surface area contributed by atoms with Crippen molar-refractivity contribution in [1.82, 2.24) is 4.98 Å². The Kier molecular flexibility index (Phi) is 4.50. The second-order valence-corrected chi connectivity index (χ2v) is 6.83. The lowest BCUT2D eigenvalue weighted by Gasteiger charge is -2.19. The Morgan fingerprint density at radius 3 is 2.63 bits per heavy atom. The van der Waals surface area contributed by atoms with Gasteiger partial charge in [-0.15, -0.1) is 0 Å². The molecule has 0 bridgehead atoms. The Morgan fingerprint density at radius 1 is 1.07 bits per heavy atom. The molecule has 2 heterocycles. The average Bonchev–Trinajstić information content (AvgIpc) is 3.12. The second kappa shape index (κ2) is 7.11. The van der Waals surface area contributed by atoms with E-state index in [0.717, 1.165) is 30.2 Å². The van der Waals surface area contributed by atoms with Crippen LogP contribution in [0.5, 0.6) is 0 Å². The Bertz CT molecular complexity index is 966. The molecule has 5 heteroatoms. The number of hydrogen-bond donors (Lipinski definition) is 1. The number of carbonyl (C=O) groups is 1. The predicted molar refractivity (Wildman–Crippen MR) is 110 cm³/mol. The van der Waals surface area contributed by atoms with E-state index in [0.29, 0.717) is 5.56 Å². The van der Waals surface area contributed by atoms with Crippen molar-refractivity contribution in [3.05, 3.63) is 78.0 Å². The summed E-state index contributed by atoms with van der Waals surface area (Å²) >= 11 is 0. The monoisotopic (exact) mass is 358 g/mol. The van der Waals surface area contributed by atoms with Crippen molar-refractivity contribution in [2.45, 2.75) is 6.42 Å². The van der Waals surface area contributed by atoms with E-state index in [4.69, 9.17) is 0 Å². The van der Waals surface area contributed by atoms with E-state index in [2.05, 4.69) is 33.4 Å². The molecule has 0 atom stereocenters. The zero-order valence-corrected chi connectivity index (χ0v) is 15.5. The summed E-state index contributed by atoms with van der Waals surface area (Å²) in [6.07, 6.45) is 2.69. The van der Waals surface area contributed by atoms with Crippen molar-refractivity contribution >= 4 is 28.8 Å². The molecule has 1 aliphatic rings. The van der Waals surface area contributed by atoms with Gasteiger partial charge in [-0.05, 0) is 54.4 Å². The maximum Gasteiger partial charge on any atom is 0.255 e. The fraction of sp³-hybridized carbons (Fsp3) is 0.182. The van der Waals surface area contributed by atoms with E-state index in [1.165, 1.54) is 11.3 Å². The number of aromatic nitrogens is 1. The Labute approximate surface area is 159 Å². The number of amides is 1. The Hall–Kier alpha value is -3.34. The van der Waals surface area contributed by atoms with Crippen LogP contribution in [0.15, 0.2) is 66.9 Å². The number of benzene rings is 2. The highest BCUT2D eigenvalue weighted by atomic mass is 16.1. The summed E-state index contributed by atoms with van der Waals surface area (Å²) in [5.41, 5.74) is 4.94. The molecular formula is C22H22N4O. The van der Waals surface area contributed by atoms with Gasteiger partial charge in [0.05, 0.1) is 0 Å². The zero-order chi connectivity index (χ0) is 18.8. The van der Waals surface area contributed by atoms with E-state index < -0.39 is 0 Å². The lowest BCUT2D eigenvalue weighted by molar-refractivity contribution is 0.102. The topological polar surface area (TPSA) is 48.5 Å². The molecule has 0 aliphatic carbocycles. The van der Waals surface area contributed by atoms with Crippen LogP contribution in [0.1, 0.15) is 15.9 Å². The summed E-state index contributed by atoms with van der Waals surface area (Å²) in [6, 6.07) is 19.7. The summed E-state index contributed by atoms with van der Waals surface area (Å²) in [5.74, 6) is 0.666. The average molecular weight is 358 g/mol. The first-order chi connectivity index (χ1) is 13.1. The van der Waals surface area contributed by atoms with E-state index in [1.54, 1.807) is 12.3 Å². The number of nitrogens with zero attached hydrogens (tertiary/aromatic N) is 3. The largest absolute Gasteiger partial charge is 0.378 e. The smallest absolute Gasteiger partial charge is 0.255 e. The van der Waals surface area contributed by atoms with E-state index >= 15 is 0 Å². The highest BCUT2D eigenvalue weighted by molar-refractivity contribution is 6.04. The predicted octanol–water partition coefficient (Wildman–Crippen LogP) is 4.09. The first kappa shape index (κ1) is 17.1. The van der Waals surface area contributed by atoms with Crippen molar-refractivity contribution < 1.29 is 4.79 Å². The number of rotatable bonds is 4. The number of fused-ring (bicyclic) bond motifs is 1. The molecule has 0 fully saturated rings. The van der Waals surface area contributed by atoms with Gasteiger partial charge in [-0.25, -0.2) is 4.98 Å². The van der Waals surface area contributed by atoms with Crippen LogP contribution in [0.2, 0.25) is 0 Å². The molecule has 1 aromatic heterocycles. The summed E-state index contributed by atoms with van der Waals surface area (Å²) in [5, 5.41) is 2.96. The van der Waals surface area contributed by atoms with Gasteiger partial charge in [0.25, 0.3) is 5.91 Å². The van der Waals surface area contributed by atoms with Crippen LogP contribution in [0.25, 0.3) is 0 Å². The number of para-hydroxylation sites is 1. The lowest BCUT2D eigenvalue weighted by atomic mass is 10.2. The summed E-state index contributed by atoms with van der Waals surface area (Å²) < 4.78 is 0. The molecule has 4 rings (SSSR count). The molecule has 0 radical (unpaired) electrons. The molecule has 0 spiro atoms. The minimum atomic E-state index is -0.135. The van der Waals surface area contributed by atoms with Gasteiger partial charge in [-0.2, -0.15) is 0 Å². The molecule has 0 unspecified atom stereocenters. The van der Waals surface area contributed by atoms with Gasteiger partial charge < -0.3 is 15.1 Å². The van der Waals surface area contributed by atoms with Crippen LogP contribution >= 0.6 is 0 Å². The molecule has 136 valence electrons. The van der Waals surface area contributed by atoms with Gasteiger partial charge in [-0.3, -0.25) is 4.79 Å². The fourth-order valence-electron chi connectivity index (χ4n) is 3.33. The first-order valence-electron chi connectivity index (χ1n) is 9.02. The van der Waals surface area contributed by atoms with Crippen molar-refractivity contribution in [2.24, 2.45) is 0 Å². The third-order valence-electron chi connectivity index (χ3n) is 4.81. The first-order valence-corrected chi connectivity index (χ1v) is 9.02. The molecular weight excluding hydrogens is 336 g/mol. The summed E-state index contributed by atoms with van der Waals surface area (Å²) in [6.45, 7) is 0.878. The van der Waals surface area contributed by atoms with Gasteiger partial charge >= 0.3 is 0 Å². The highest BCUT2D eigenvalue weighted by Crippen LogP contribution is 2.33. The summed E-state index contributed by atoms with van der Waals surface area (Å²) in [4.78, 5) is 21.3. The molecule has 27 heavy (non-hydrogen) atoms. The van der Waals surface area contributed by atoms with Crippen molar-refractivity contribution in [3.63, 3.8) is 0 Å². The quantitative estimate of drug-likeness (QED) is 0.763. The van der Waals surface area contributed by atoms with Crippen LogP contribution in [-0.2, 0) is 6.42 Å². The molecule has 1 amide bonds. The van der Waals surface area contributed by atoms with Gasteiger partial charge in [-0.1, -0.05) is 18.2 Å². The van der Waals surface area contributed by atoms with Crippen LogP contribution in [0.3, 0.4) is 0 Å². The SMILES string of the molecule is CN(C)c1ccc(NC(=O)c2ccnc(N3CCc4ccccc43)c2)cc1. The maximum atomic E-state index is 12.7. The lowest BCUT2D eigenvalue weighted by Crippen LogP contribution is -2.17. The third kappa shape index (κ3) is 3.49. The van der Waals surface area contributed by atoms with Crippen LogP contribution in [-0.4, -0.2) is 31.5 Å². The molecule has 0 saturated heterocycles. The van der Waals surface area contributed by atoms with E-state index in [1.807, 2.05) is 55.4 Å². The standard InChI is InChI=1S/C22H22N4O/c1-25(2)19-9-7-18(8-10-19)24-22(27)17-11-13-23-21(15-17)26-14-12-16-5-3-4-6-20(16)26/h3-11,13,15H,12,14H2,1-2H3,(H,24,27). The van der Waals surface area contributed by atoms with Crippen LogP contribution in [0, 0.1) is 0 Å². The van der Waals surface area contributed by atoms with Crippen molar-refractivity contribution in [3.8, 4) is 0 Å². The van der Waals surface area contributed by atoms with Gasteiger partial charge in [0, 0.05) is 49.5 Å². The number of hydrogen-bond acceptors (Lipinski definition) is 4. The minimum Gasteiger partial charge on any atom is -0.378 e. The van der Waals surface area contributed by atoms with Gasteiger partial charge in [0.2, 0.25) is 0 Å². The van der Waals surface area contributed by atoms with Crippen LogP contribution in [0.4, 0.5) is 22.9 Å². The molecule has 0 saturated carbocycles. The van der Waals surface area contributed by atoms with Gasteiger partial charge in [0.15, 0.2) is 0 Å². The molecule has 3 aromatic rings. The van der Waals surface area contributed by atoms with Crippen LogP contribution < -0.4 is 15.1 Å². The van der Waals surface area contributed by atoms with E-state index in [-0.39, 0.29) is 5.91 Å². The van der Waals surface area contributed by atoms with Crippen molar-refractivity contribution in [2.75, 3.05) is 35.8 Å².